The number of esters is 1. The Morgan fingerprint density at radius 2 is 1.78 bits per heavy atom. The van der Waals surface area contributed by atoms with Crippen LogP contribution in [0, 0.1) is 0 Å². The zero-order valence-corrected chi connectivity index (χ0v) is 19.2. The molecule has 0 spiro atoms. The fourth-order valence-corrected chi connectivity index (χ4v) is 5.91. The lowest BCUT2D eigenvalue weighted by Gasteiger charge is -2.15. The molecular formula is C22H23N3O5S2. The van der Waals surface area contributed by atoms with Gasteiger partial charge in [0.15, 0.2) is 10.9 Å². The second kappa shape index (κ2) is 9.35. The number of hydrogen-bond donors (Lipinski definition) is 1. The Balaban J connectivity index is 1.41. The van der Waals surface area contributed by atoms with E-state index in [9.17, 15) is 18.0 Å². The number of rotatable bonds is 8. The summed E-state index contributed by atoms with van der Waals surface area (Å²) in [6, 6.07) is 11.2. The smallest absolute Gasteiger partial charge is 0.338 e. The molecule has 0 amide bonds. The molecule has 1 saturated heterocycles. The van der Waals surface area contributed by atoms with Crippen LogP contribution in [0.25, 0.3) is 10.2 Å². The maximum Gasteiger partial charge on any atom is 0.338 e. The molecule has 0 saturated carbocycles. The number of aromatic nitrogens is 1. The lowest BCUT2D eigenvalue weighted by molar-refractivity contribution is 0.0526. The second-order valence-corrected chi connectivity index (χ2v) is 10.3. The minimum absolute atomic E-state index is 0.0166. The number of thiazole rings is 1. The molecule has 168 valence electrons. The summed E-state index contributed by atoms with van der Waals surface area (Å²) >= 11 is 1.34. The van der Waals surface area contributed by atoms with Gasteiger partial charge in [-0.2, -0.15) is 4.31 Å². The summed E-state index contributed by atoms with van der Waals surface area (Å²) in [4.78, 5) is 29.1. The first-order valence-corrected chi connectivity index (χ1v) is 12.6. The van der Waals surface area contributed by atoms with E-state index < -0.39 is 10.0 Å². The first-order valence-electron chi connectivity index (χ1n) is 10.3. The topological polar surface area (TPSA) is 106 Å². The molecule has 1 aromatic heterocycles. The largest absolute Gasteiger partial charge is 0.462 e. The number of nitrogens with zero attached hydrogens (tertiary/aromatic N) is 2. The summed E-state index contributed by atoms with van der Waals surface area (Å²) < 4.78 is 32.5. The molecule has 0 unspecified atom stereocenters. The Labute approximate surface area is 190 Å². The molecular weight excluding hydrogens is 450 g/mol. The molecule has 0 radical (unpaired) electrons. The van der Waals surface area contributed by atoms with Crippen molar-refractivity contribution in [1.82, 2.24) is 9.29 Å². The monoisotopic (exact) mass is 473 g/mol. The van der Waals surface area contributed by atoms with Crippen LogP contribution in [-0.4, -0.2) is 55.7 Å². The highest BCUT2D eigenvalue weighted by atomic mass is 32.2. The van der Waals surface area contributed by atoms with Crippen LogP contribution < -0.4 is 5.32 Å². The summed E-state index contributed by atoms with van der Waals surface area (Å²) in [5, 5.41) is 3.57. The average molecular weight is 474 g/mol. The van der Waals surface area contributed by atoms with Crippen molar-refractivity contribution < 1.29 is 22.7 Å². The standard InChI is InChI=1S/C22H23N3O5S2/c1-2-30-21(27)16-7-10-18-20(13-16)31-22(24-18)23-14-19(26)15-5-8-17(9-6-15)32(28,29)25-11-3-4-12-25/h5-10,13H,2-4,11-12,14H2,1H3,(H,23,24). The van der Waals surface area contributed by atoms with E-state index in [1.165, 1.54) is 39.9 Å². The fourth-order valence-electron chi connectivity index (χ4n) is 3.49. The molecule has 10 heteroatoms. The van der Waals surface area contributed by atoms with E-state index in [4.69, 9.17) is 4.74 Å². The third-order valence-corrected chi connectivity index (χ3v) is 8.07. The number of fused-ring (bicyclic) bond motifs is 1. The van der Waals surface area contributed by atoms with Gasteiger partial charge in [0.1, 0.15) is 0 Å². The zero-order chi connectivity index (χ0) is 22.7. The van der Waals surface area contributed by atoms with E-state index in [1.807, 2.05) is 0 Å². The number of Topliss-reactive ketones (excluding diaryl/α,β-unsaturated/α-hetero) is 1. The molecule has 0 aliphatic carbocycles. The number of benzene rings is 2. The van der Waals surface area contributed by atoms with Crippen LogP contribution in [0.1, 0.15) is 40.5 Å². The number of sulfonamides is 1. The summed E-state index contributed by atoms with van der Waals surface area (Å²) in [5.41, 5.74) is 1.59. The van der Waals surface area contributed by atoms with Gasteiger partial charge in [-0.3, -0.25) is 4.79 Å². The lowest BCUT2D eigenvalue weighted by Crippen LogP contribution is -2.27. The molecule has 1 fully saturated rings. The molecule has 3 aromatic rings. The van der Waals surface area contributed by atoms with Crippen molar-refractivity contribution in [3.05, 3.63) is 53.6 Å². The van der Waals surface area contributed by atoms with E-state index in [2.05, 4.69) is 10.3 Å². The van der Waals surface area contributed by atoms with Crippen molar-refractivity contribution in [2.75, 3.05) is 31.6 Å². The van der Waals surface area contributed by atoms with Gasteiger partial charge in [0.25, 0.3) is 0 Å². The van der Waals surface area contributed by atoms with Gasteiger partial charge in [0.05, 0.1) is 33.8 Å². The van der Waals surface area contributed by atoms with Gasteiger partial charge in [-0.05, 0) is 62.2 Å². The molecule has 8 nitrogen and oxygen atoms in total. The number of hydrogen-bond acceptors (Lipinski definition) is 8. The first kappa shape index (κ1) is 22.4. The highest BCUT2D eigenvalue weighted by molar-refractivity contribution is 7.89. The highest BCUT2D eigenvalue weighted by Gasteiger charge is 2.27. The van der Waals surface area contributed by atoms with Gasteiger partial charge in [0, 0.05) is 18.7 Å². The lowest BCUT2D eigenvalue weighted by atomic mass is 10.1. The maximum absolute atomic E-state index is 12.6. The van der Waals surface area contributed by atoms with E-state index in [-0.39, 0.29) is 23.2 Å². The SMILES string of the molecule is CCOC(=O)c1ccc2nc(NCC(=O)c3ccc(S(=O)(=O)N4CCCC4)cc3)sc2c1. The first-order chi connectivity index (χ1) is 15.4. The Hall–Kier alpha value is -2.82. The maximum atomic E-state index is 12.6. The van der Waals surface area contributed by atoms with Gasteiger partial charge < -0.3 is 10.1 Å². The highest BCUT2D eigenvalue weighted by Crippen LogP contribution is 2.27. The minimum atomic E-state index is -3.50. The van der Waals surface area contributed by atoms with Crippen molar-refractivity contribution in [3.8, 4) is 0 Å². The molecule has 1 N–H and O–H groups in total. The van der Waals surface area contributed by atoms with Crippen LogP contribution in [0.5, 0.6) is 0 Å². The summed E-state index contributed by atoms with van der Waals surface area (Å²) in [6.45, 7) is 3.15. The molecule has 0 bridgehead atoms. The minimum Gasteiger partial charge on any atom is -0.462 e. The van der Waals surface area contributed by atoms with Crippen LogP contribution >= 0.6 is 11.3 Å². The molecule has 2 heterocycles. The van der Waals surface area contributed by atoms with E-state index in [1.54, 1.807) is 25.1 Å². The predicted molar refractivity (Wildman–Crippen MR) is 123 cm³/mol. The van der Waals surface area contributed by atoms with Crippen LogP contribution in [0.4, 0.5) is 5.13 Å². The number of carbonyl (C=O) groups excluding carboxylic acids is 2. The van der Waals surface area contributed by atoms with Crippen molar-refractivity contribution in [2.24, 2.45) is 0 Å². The normalized spacial score (nSPS) is 14.5. The number of ether oxygens (including phenoxy) is 1. The molecule has 0 atom stereocenters. The van der Waals surface area contributed by atoms with Crippen molar-refractivity contribution in [2.45, 2.75) is 24.7 Å². The molecule has 32 heavy (non-hydrogen) atoms. The molecule has 4 rings (SSSR count). The van der Waals surface area contributed by atoms with E-state index >= 15 is 0 Å². The summed E-state index contributed by atoms with van der Waals surface area (Å²) in [7, 11) is -3.50. The number of carbonyl (C=O) groups is 2. The van der Waals surface area contributed by atoms with Crippen molar-refractivity contribution in [1.29, 1.82) is 0 Å². The number of ketones is 1. The van der Waals surface area contributed by atoms with Gasteiger partial charge in [-0.1, -0.05) is 11.3 Å². The molecule has 1 aliphatic rings. The van der Waals surface area contributed by atoms with E-state index in [0.29, 0.717) is 36.0 Å². The van der Waals surface area contributed by atoms with Crippen LogP contribution in [-0.2, 0) is 14.8 Å². The van der Waals surface area contributed by atoms with Gasteiger partial charge in [-0.15, -0.1) is 0 Å². The van der Waals surface area contributed by atoms with Crippen molar-refractivity contribution >= 4 is 48.5 Å². The van der Waals surface area contributed by atoms with Crippen LogP contribution in [0.15, 0.2) is 47.4 Å². The Kier molecular flexibility index (Phi) is 6.54. The van der Waals surface area contributed by atoms with Gasteiger partial charge in [-0.25, -0.2) is 18.2 Å². The number of anilines is 1. The third-order valence-electron chi connectivity index (χ3n) is 5.18. The molecule has 2 aromatic carbocycles. The van der Waals surface area contributed by atoms with Crippen molar-refractivity contribution in [3.63, 3.8) is 0 Å². The summed E-state index contributed by atoms with van der Waals surface area (Å²) in [6.07, 6.45) is 1.74. The average Bonchev–Trinajstić information content (AvgIpc) is 3.47. The summed E-state index contributed by atoms with van der Waals surface area (Å²) in [5.74, 6) is -0.565. The quantitative estimate of drug-likeness (QED) is 0.394. The van der Waals surface area contributed by atoms with E-state index in [0.717, 1.165) is 23.1 Å². The Morgan fingerprint density at radius 3 is 2.47 bits per heavy atom. The van der Waals surface area contributed by atoms with Crippen LogP contribution in [0.2, 0.25) is 0 Å². The van der Waals surface area contributed by atoms with Crippen LogP contribution in [0.3, 0.4) is 0 Å². The Morgan fingerprint density at radius 1 is 1.09 bits per heavy atom. The van der Waals surface area contributed by atoms with Gasteiger partial charge >= 0.3 is 5.97 Å². The Bertz CT molecular complexity index is 1250. The number of nitrogens with one attached hydrogen (secondary N) is 1. The second-order valence-electron chi connectivity index (χ2n) is 7.33. The predicted octanol–water partition coefficient (Wildman–Crippen LogP) is 3.55. The van der Waals surface area contributed by atoms with Gasteiger partial charge in [0.2, 0.25) is 10.0 Å². The third kappa shape index (κ3) is 4.67. The fraction of sp³-hybridized carbons (Fsp3) is 0.318. The zero-order valence-electron chi connectivity index (χ0n) is 17.5. The molecule has 1 aliphatic heterocycles.